The van der Waals surface area contributed by atoms with Gasteiger partial charge in [-0.2, -0.15) is 15.0 Å². The van der Waals surface area contributed by atoms with Gasteiger partial charge in [-0.15, -0.1) is 0 Å². The van der Waals surface area contributed by atoms with E-state index in [1.165, 1.54) is 24.4 Å². The van der Waals surface area contributed by atoms with Crippen molar-refractivity contribution in [3.63, 3.8) is 0 Å². The van der Waals surface area contributed by atoms with Gasteiger partial charge in [-0.25, -0.2) is 4.39 Å². The molecule has 202 valence electrons. The second kappa shape index (κ2) is 11.2. The normalized spacial score (nSPS) is 16.5. The first-order valence-electron chi connectivity index (χ1n) is 12.3. The minimum atomic E-state index is -0.773. The number of rotatable bonds is 6. The number of nitrogens with two attached hydrogens (primary N) is 1. The standard InChI is InChI=1S/C28H23ClFN7O3/c29-21-2-1-3-22(30)27(21)37-26(39)7-6-24(35-37)28(40)34-23-5-4-16(20-13-33-9-8-17(20)12-31)10-25(23)36-14-18(32)11-19(36)15-38/h1-10,13,18-19,38H,11,14-15,32H2,(H,34,40). The number of carbonyl (C=O) groups excluding carboxylic acids is 1. The number of aliphatic hydroxyl groups excluding tert-OH is 1. The van der Waals surface area contributed by atoms with Gasteiger partial charge in [-0.1, -0.05) is 23.7 Å². The number of hydrogen-bond donors (Lipinski definition) is 3. The van der Waals surface area contributed by atoms with Gasteiger partial charge in [0.2, 0.25) is 0 Å². The van der Waals surface area contributed by atoms with Crippen molar-refractivity contribution in [3.8, 4) is 22.9 Å². The second-order valence-corrected chi connectivity index (χ2v) is 9.65. The fourth-order valence-corrected chi connectivity index (χ4v) is 5.00. The van der Waals surface area contributed by atoms with E-state index in [-0.39, 0.29) is 35.1 Å². The summed E-state index contributed by atoms with van der Waals surface area (Å²) >= 11 is 6.12. The molecule has 0 bridgehead atoms. The van der Waals surface area contributed by atoms with E-state index in [9.17, 15) is 24.3 Å². The lowest BCUT2D eigenvalue weighted by Crippen LogP contribution is -2.34. The average Bonchev–Trinajstić information content (AvgIpc) is 3.34. The van der Waals surface area contributed by atoms with Crippen molar-refractivity contribution in [3.05, 3.63) is 99.4 Å². The lowest BCUT2D eigenvalue weighted by Gasteiger charge is -2.28. The molecular weight excluding hydrogens is 537 g/mol. The van der Waals surface area contributed by atoms with Gasteiger partial charge in [-0.3, -0.25) is 14.6 Å². The molecule has 12 heteroatoms. The van der Waals surface area contributed by atoms with E-state index >= 15 is 0 Å². The van der Waals surface area contributed by atoms with Crippen molar-refractivity contribution in [1.29, 1.82) is 5.26 Å². The van der Waals surface area contributed by atoms with Gasteiger partial charge in [0.1, 0.15) is 11.4 Å². The van der Waals surface area contributed by atoms with Crippen LogP contribution in [0.15, 0.2) is 71.8 Å². The van der Waals surface area contributed by atoms with E-state index in [0.717, 1.165) is 16.8 Å². The van der Waals surface area contributed by atoms with Crippen molar-refractivity contribution >= 4 is 28.9 Å². The molecule has 10 nitrogen and oxygen atoms in total. The van der Waals surface area contributed by atoms with Crippen LogP contribution >= 0.6 is 11.6 Å². The minimum absolute atomic E-state index is 0.0439. The Hall–Kier alpha value is -4.63. The number of aliphatic hydroxyl groups is 1. The zero-order valence-corrected chi connectivity index (χ0v) is 21.7. The van der Waals surface area contributed by atoms with E-state index in [4.69, 9.17) is 17.3 Å². The summed E-state index contributed by atoms with van der Waals surface area (Å²) in [7, 11) is 0. The lowest BCUT2D eigenvalue weighted by molar-refractivity contribution is 0.102. The molecule has 2 atom stereocenters. The number of para-hydroxylation sites is 1. The third-order valence-electron chi connectivity index (χ3n) is 6.65. The van der Waals surface area contributed by atoms with Gasteiger partial charge in [0.25, 0.3) is 11.5 Å². The van der Waals surface area contributed by atoms with Crippen molar-refractivity contribution < 1.29 is 14.3 Å². The van der Waals surface area contributed by atoms with Crippen LogP contribution in [0.5, 0.6) is 0 Å². The third kappa shape index (κ3) is 5.15. The fourth-order valence-electron chi connectivity index (χ4n) is 4.76. The molecule has 0 saturated carbocycles. The summed E-state index contributed by atoms with van der Waals surface area (Å²) in [5.74, 6) is -1.44. The van der Waals surface area contributed by atoms with Crippen LogP contribution in [0.1, 0.15) is 22.5 Å². The number of carbonyl (C=O) groups is 1. The summed E-state index contributed by atoms with van der Waals surface area (Å²) in [5.41, 5.74) is 7.75. The topological polar surface area (TPSA) is 150 Å². The predicted octanol–water partition coefficient (Wildman–Crippen LogP) is 3.11. The van der Waals surface area contributed by atoms with Crippen molar-refractivity contribution in [2.75, 3.05) is 23.4 Å². The summed E-state index contributed by atoms with van der Waals surface area (Å²) in [6.07, 6.45) is 3.65. The number of amides is 1. The first-order valence-corrected chi connectivity index (χ1v) is 12.7. The highest BCUT2D eigenvalue weighted by atomic mass is 35.5. The molecule has 1 aliphatic rings. The summed E-state index contributed by atoms with van der Waals surface area (Å²) in [6.45, 7) is 0.266. The number of nitrogens with one attached hydrogen (secondary N) is 1. The molecule has 5 rings (SSSR count). The summed E-state index contributed by atoms with van der Waals surface area (Å²) in [5, 5.41) is 26.4. The number of pyridine rings is 1. The van der Waals surface area contributed by atoms with Crippen LogP contribution in [-0.2, 0) is 0 Å². The monoisotopic (exact) mass is 559 g/mol. The number of anilines is 2. The molecule has 0 radical (unpaired) electrons. The Morgan fingerprint density at radius 3 is 2.83 bits per heavy atom. The molecule has 1 aliphatic heterocycles. The maximum absolute atomic E-state index is 14.5. The molecule has 40 heavy (non-hydrogen) atoms. The Bertz CT molecular complexity index is 1680. The van der Waals surface area contributed by atoms with E-state index in [1.807, 2.05) is 4.90 Å². The summed E-state index contributed by atoms with van der Waals surface area (Å²) in [6, 6.07) is 14.7. The Morgan fingerprint density at radius 2 is 2.08 bits per heavy atom. The quantitative estimate of drug-likeness (QED) is 0.326. The molecule has 0 aliphatic carbocycles. The Balaban J connectivity index is 1.56. The molecule has 2 unspecified atom stereocenters. The van der Waals surface area contributed by atoms with E-state index in [0.29, 0.717) is 41.0 Å². The molecule has 4 aromatic rings. The molecule has 2 aromatic carbocycles. The molecule has 1 fully saturated rings. The highest BCUT2D eigenvalue weighted by molar-refractivity contribution is 6.32. The third-order valence-corrected chi connectivity index (χ3v) is 6.95. The summed E-state index contributed by atoms with van der Waals surface area (Å²) < 4.78 is 15.2. The number of halogens is 2. The van der Waals surface area contributed by atoms with Crippen LogP contribution < -0.4 is 21.5 Å². The highest BCUT2D eigenvalue weighted by Gasteiger charge is 2.32. The first-order chi connectivity index (χ1) is 19.3. The molecular formula is C28H23ClFN7O3. The number of hydrogen-bond acceptors (Lipinski definition) is 8. The van der Waals surface area contributed by atoms with Crippen molar-refractivity contribution in [2.24, 2.45) is 5.73 Å². The minimum Gasteiger partial charge on any atom is -0.394 e. The van der Waals surface area contributed by atoms with Crippen molar-refractivity contribution in [2.45, 2.75) is 18.5 Å². The lowest BCUT2D eigenvalue weighted by atomic mass is 10.0. The molecule has 0 spiro atoms. The SMILES string of the molecule is N#Cc1ccncc1-c1ccc(NC(=O)c2ccc(=O)n(-c3c(F)cccc3Cl)n2)c(N2CC(N)CC2CO)c1. The van der Waals surface area contributed by atoms with E-state index in [1.54, 1.807) is 30.5 Å². The summed E-state index contributed by atoms with van der Waals surface area (Å²) in [4.78, 5) is 31.9. The Morgan fingerprint density at radius 1 is 1.25 bits per heavy atom. The van der Waals surface area contributed by atoms with Gasteiger partial charge >= 0.3 is 0 Å². The first kappa shape index (κ1) is 27.0. The molecule has 3 heterocycles. The Labute approximate surface area is 233 Å². The fraction of sp³-hybridized carbons (Fsp3) is 0.179. The smallest absolute Gasteiger partial charge is 0.276 e. The molecule has 2 aromatic heterocycles. The zero-order chi connectivity index (χ0) is 28.4. The molecule has 1 saturated heterocycles. The maximum Gasteiger partial charge on any atom is 0.276 e. The van der Waals surface area contributed by atoms with Gasteiger partial charge in [0, 0.05) is 36.6 Å². The van der Waals surface area contributed by atoms with Crippen LogP contribution in [0, 0.1) is 17.1 Å². The van der Waals surface area contributed by atoms with Crippen LogP contribution in [-0.4, -0.2) is 51.0 Å². The van der Waals surface area contributed by atoms with Crippen LogP contribution in [0.25, 0.3) is 16.8 Å². The number of nitriles is 1. The van der Waals surface area contributed by atoms with E-state index < -0.39 is 17.3 Å². The van der Waals surface area contributed by atoms with Gasteiger partial charge in [0.05, 0.1) is 40.7 Å². The Kier molecular flexibility index (Phi) is 7.57. The largest absolute Gasteiger partial charge is 0.394 e. The van der Waals surface area contributed by atoms with Crippen molar-refractivity contribution in [1.82, 2.24) is 14.8 Å². The number of benzene rings is 2. The molecule has 4 N–H and O–H groups in total. The average molecular weight is 560 g/mol. The van der Waals surface area contributed by atoms with Crippen LogP contribution in [0.4, 0.5) is 15.8 Å². The van der Waals surface area contributed by atoms with Gasteiger partial charge in [0.15, 0.2) is 5.82 Å². The van der Waals surface area contributed by atoms with Gasteiger partial charge < -0.3 is 21.1 Å². The van der Waals surface area contributed by atoms with Gasteiger partial charge in [-0.05, 0) is 48.4 Å². The molecule has 1 amide bonds. The highest BCUT2D eigenvalue weighted by Crippen LogP contribution is 2.36. The van der Waals surface area contributed by atoms with Crippen LogP contribution in [0.2, 0.25) is 5.02 Å². The maximum atomic E-state index is 14.5. The number of aromatic nitrogens is 3. The second-order valence-electron chi connectivity index (χ2n) is 9.24. The number of nitrogens with zero attached hydrogens (tertiary/aromatic N) is 5. The zero-order valence-electron chi connectivity index (χ0n) is 21.0. The van der Waals surface area contributed by atoms with Crippen LogP contribution in [0.3, 0.4) is 0 Å². The predicted molar refractivity (Wildman–Crippen MR) is 148 cm³/mol. The van der Waals surface area contributed by atoms with E-state index in [2.05, 4.69) is 21.5 Å².